The monoisotopic (exact) mass is 278 g/mol. The molecular formula is C12H8Cl2N4. The second kappa shape index (κ2) is 4.15. The van der Waals surface area contributed by atoms with E-state index in [9.17, 15) is 0 Å². The molecule has 0 bridgehead atoms. The molecule has 0 radical (unpaired) electrons. The number of rotatable bonds is 1. The van der Waals surface area contributed by atoms with Crippen LogP contribution in [0.2, 0.25) is 10.0 Å². The van der Waals surface area contributed by atoms with Crippen molar-refractivity contribution in [1.29, 1.82) is 0 Å². The molecule has 0 atom stereocenters. The van der Waals surface area contributed by atoms with Crippen molar-refractivity contribution in [2.45, 2.75) is 0 Å². The molecule has 1 aromatic carbocycles. The highest BCUT2D eigenvalue weighted by atomic mass is 35.5. The van der Waals surface area contributed by atoms with Crippen LogP contribution in [-0.2, 0) is 0 Å². The van der Waals surface area contributed by atoms with Crippen LogP contribution in [0.25, 0.3) is 17.0 Å². The lowest BCUT2D eigenvalue weighted by Crippen LogP contribution is -1.92. The molecule has 0 saturated heterocycles. The van der Waals surface area contributed by atoms with Crippen LogP contribution in [0.4, 0.5) is 5.69 Å². The van der Waals surface area contributed by atoms with Gasteiger partial charge >= 0.3 is 0 Å². The summed E-state index contributed by atoms with van der Waals surface area (Å²) in [6, 6.07) is 9.13. The molecule has 2 N–H and O–H groups in total. The van der Waals surface area contributed by atoms with E-state index in [1.54, 1.807) is 12.1 Å². The van der Waals surface area contributed by atoms with Crippen molar-refractivity contribution < 1.29 is 0 Å². The highest BCUT2D eigenvalue weighted by Gasteiger charge is 2.11. The minimum Gasteiger partial charge on any atom is -0.396 e. The number of halogens is 2. The van der Waals surface area contributed by atoms with Gasteiger partial charge in [0.1, 0.15) is 0 Å². The number of nitrogens with zero attached hydrogens (tertiary/aromatic N) is 3. The van der Waals surface area contributed by atoms with Gasteiger partial charge in [-0.15, -0.1) is 10.2 Å². The Morgan fingerprint density at radius 2 is 1.78 bits per heavy atom. The molecule has 0 amide bonds. The molecule has 4 nitrogen and oxygen atoms in total. The van der Waals surface area contributed by atoms with E-state index in [0.29, 0.717) is 21.6 Å². The zero-order valence-corrected chi connectivity index (χ0v) is 10.7. The Morgan fingerprint density at radius 1 is 1.06 bits per heavy atom. The number of pyridine rings is 1. The van der Waals surface area contributed by atoms with E-state index >= 15 is 0 Å². The molecule has 0 unspecified atom stereocenters. The lowest BCUT2D eigenvalue weighted by Gasteiger charge is -2.05. The summed E-state index contributed by atoms with van der Waals surface area (Å²) in [5.74, 6) is 0.675. The Labute approximate surface area is 113 Å². The van der Waals surface area contributed by atoms with Gasteiger partial charge in [-0.3, -0.25) is 4.40 Å². The molecule has 2 heterocycles. The number of aromatic nitrogens is 3. The third-order valence-corrected chi connectivity index (χ3v) is 3.28. The third-order valence-electron chi connectivity index (χ3n) is 2.65. The highest BCUT2D eigenvalue weighted by Crippen LogP contribution is 2.32. The summed E-state index contributed by atoms with van der Waals surface area (Å²) in [5.41, 5.74) is 7.62. The number of hydrogen-bond donors (Lipinski definition) is 1. The zero-order valence-electron chi connectivity index (χ0n) is 9.14. The van der Waals surface area contributed by atoms with Crippen molar-refractivity contribution in [1.82, 2.24) is 14.6 Å². The standard InChI is InChI=1S/C12H8Cl2N4/c13-8-5-7(6-9(14)11(8)15)12-17-16-10-3-1-2-4-18(10)12/h1-6H,15H2. The normalized spacial score (nSPS) is 11.0. The largest absolute Gasteiger partial charge is 0.396 e. The Hall–Kier alpha value is -1.78. The maximum Gasteiger partial charge on any atom is 0.168 e. The number of fused-ring (bicyclic) bond motifs is 1. The lowest BCUT2D eigenvalue weighted by molar-refractivity contribution is 1.11. The Balaban J connectivity index is 2.26. The fourth-order valence-electron chi connectivity index (χ4n) is 1.75. The average Bonchev–Trinajstić information content (AvgIpc) is 2.79. The summed E-state index contributed by atoms with van der Waals surface area (Å²) in [7, 11) is 0. The predicted octanol–water partition coefficient (Wildman–Crippen LogP) is 3.29. The zero-order chi connectivity index (χ0) is 12.7. The van der Waals surface area contributed by atoms with Gasteiger partial charge in [-0.2, -0.15) is 0 Å². The van der Waals surface area contributed by atoms with Gasteiger partial charge in [0, 0.05) is 11.8 Å². The van der Waals surface area contributed by atoms with E-state index in [4.69, 9.17) is 28.9 Å². The molecule has 3 aromatic rings. The van der Waals surface area contributed by atoms with Crippen LogP contribution >= 0.6 is 23.2 Å². The SMILES string of the molecule is Nc1c(Cl)cc(-c2nnc3ccccn23)cc1Cl. The van der Waals surface area contributed by atoms with E-state index in [-0.39, 0.29) is 0 Å². The molecule has 0 aliphatic carbocycles. The molecule has 3 rings (SSSR count). The summed E-state index contributed by atoms with van der Waals surface area (Å²) in [5, 5.41) is 9.02. The number of nitrogen functional groups attached to an aromatic ring is 1. The Morgan fingerprint density at radius 3 is 2.50 bits per heavy atom. The Kier molecular flexibility index (Phi) is 2.61. The minimum absolute atomic E-state index is 0.371. The molecular weight excluding hydrogens is 271 g/mol. The van der Waals surface area contributed by atoms with Crippen molar-refractivity contribution in [3.8, 4) is 11.4 Å². The van der Waals surface area contributed by atoms with Crippen LogP contribution in [0.15, 0.2) is 36.5 Å². The fourth-order valence-corrected chi connectivity index (χ4v) is 2.24. The quantitative estimate of drug-likeness (QED) is 0.695. The van der Waals surface area contributed by atoms with Crippen LogP contribution in [0, 0.1) is 0 Å². The van der Waals surface area contributed by atoms with Crippen molar-refractivity contribution in [3.05, 3.63) is 46.6 Å². The molecule has 2 aromatic heterocycles. The molecule has 6 heteroatoms. The maximum atomic E-state index is 6.02. The smallest absolute Gasteiger partial charge is 0.168 e. The average molecular weight is 279 g/mol. The number of nitrogens with two attached hydrogens (primary N) is 1. The van der Waals surface area contributed by atoms with Gasteiger partial charge in [-0.25, -0.2) is 0 Å². The molecule has 0 fully saturated rings. The van der Waals surface area contributed by atoms with E-state index in [2.05, 4.69) is 10.2 Å². The molecule has 0 saturated carbocycles. The van der Waals surface area contributed by atoms with Crippen LogP contribution in [0.1, 0.15) is 0 Å². The van der Waals surface area contributed by atoms with Crippen LogP contribution in [0.5, 0.6) is 0 Å². The summed E-state index contributed by atoms with van der Waals surface area (Å²) >= 11 is 12.0. The number of anilines is 1. The first kappa shape index (κ1) is 11.3. The molecule has 0 spiro atoms. The van der Waals surface area contributed by atoms with Crippen molar-refractivity contribution in [2.75, 3.05) is 5.73 Å². The molecule has 0 aliphatic rings. The van der Waals surface area contributed by atoms with Gasteiger partial charge < -0.3 is 5.73 Å². The van der Waals surface area contributed by atoms with Crippen LogP contribution in [0.3, 0.4) is 0 Å². The second-order valence-corrected chi connectivity index (χ2v) is 4.62. The van der Waals surface area contributed by atoms with Crippen LogP contribution in [-0.4, -0.2) is 14.6 Å². The third kappa shape index (κ3) is 1.70. The van der Waals surface area contributed by atoms with Crippen molar-refractivity contribution >= 4 is 34.5 Å². The second-order valence-electron chi connectivity index (χ2n) is 3.81. The van der Waals surface area contributed by atoms with Gasteiger partial charge in [-0.05, 0) is 24.3 Å². The summed E-state index contributed by atoms with van der Waals surface area (Å²) < 4.78 is 1.86. The first-order valence-electron chi connectivity index (χ1n) is 5.21. The van der Waals surface area contributed by atoms with Crippen LogP contribution < -0.4 is 5.73 Å². The highest BCUT2D eigenvalue weighted by molar-refractivity contribution is 6.39. The van der Waals surface area contributed by atoms with E-state index in [0.717, 1.165) is 11.2 Å². The maximum absolute atomic E-state index is 6.02. The van der Waals surface area contributed by atoms with E-state index < -0.39 is 0 Å². The summed E-state index contributed by atoms with van der Waals surface area (Å²) in [4.78, 5) is 0. The topological polar surface area (TPSA) is 56.2 Å². The molecule has 18 heavy (non-hydrogen) atoms. The minimum atomic E-state index is 0.371. The van der Waals surface area contributed by atoms with Crippen molar-refractivity contribution in [3.63, 3.8) is 0 Å². The summed E-state index contributed by atoms with van der Waals surface area (Å²) in [6.45, 7) is 0. The summed E-state index contributed by atoms with van der Waals surface area (Å²) in [6.07, 6.45) is 1.88. The van der Waals surface area contributed by atoms with Gasteiger partial charge in [0.15, 0.2) is 11.5 Å². The number of hydrogen-bond acceptors (Lipinski definition) is 3. The number of benzene rings is 1. The van der Waals surface area contributed by atoms with Crippen molar-refractivity contribution in [2.24, 2.45) is 0 Å². The van der Waals surface area contributed by atoms with Gasteiger partial charge in [0.25, 0.3) is 0 Å². The van der Waals surface area contributed by atoms with Gasteiger partial charge in [0.2, 0.25) is 0 Å². The van der Waals surface area contributed by atoms with E-state index in [1.807, 2.05) is 28.8 Å². The molecule has 90 valence electrons. The van der Waals surface area contributed by atoms with E-state index in [1.165, 1.54) is 0 Å². The first-order valence-corrected chi connectivity index (χ1v) is 5.97. The molecule has 0 aliphatic heterocycles. The van der Waals surface area contributed by atoms with Gasteiger partial charge in [0.05, 0.1) is 15.7 Å². The first-order chi connectivity index (χ1) is 8.66. The Bertz CT molecular complexity index is 713. The fraction of sp³-hybridized carbons (Fsp3) is 0. The van der Waals surface area contributed by atoms with Gasteiger partial charge in [-0.1, -0.05) is 29.3 Å². The lowest BCUT2D eigenvalue weighted by atomic mass is 10.2. The predicted molar refractivity (Wildman–Crippen MR) is 72.9 cm³/mol.